The van der Waals surface area contributed by atoms with Crippen LogP contribution in [0.4, 0.5) is 0 Å². The standard InChI is InChI=1S/C18H18N4Se2/c1-3-9-15-13(7-1)19-23-21(15)17-11-5-6-12-18(17)22-16-10-4-2-8-14(16)20-24-22/h1-4,7-10,17-18H,5-6,11-12H2/q+2/t17-,18-/m1/s1. The Kier molecular flexibility index (Phi) is 3.87. The molecule has 0 unspecified atom stereocenters. The third-order valence-electron chi connectivity index (χ3n) is 4.99. The molecule has 1 aliphatic rings. The number of hydrogen-bond donors (Lipinski definition) is 0. The summed E-state index contributed by atoms with van der Waals surface area (Å²) in [7, 11) is 0. The van der Waals surface area contributed by atoms with E-state index < -0.39 is 0 Å². The molecule has 2 aromatic carbocycles. The molecule has 0 bridgehead atoms. The number of fused-ring (bicyclic) bond motifs is 2. The van der Waals surface area contributed by atoms with Gasteiger partial charge in [0.2, 0.25) is 0 Å². The fraction of sp³-hybridized carbons (Fsp3) is 0.333. The summed E-state index contributed by atoms with van der Waals surface area (Å²) in [4.78, 5) is 0. The molecule has 6 heteroatoms. The summed E-state index contributed by atoms with van der Waals surface area (Å²) in [6, 6.07) is 18.4. The predicted molar refractivity (Wildman–Crippen MR) is 94.3 cm³/mol. The van der Waals surface area contributed by atoms with E-state index in [1.807, 2.05) is 0 Å². The second kappa shape index (κ2) is 6.20. The first-order valence-electron chi connectivity index (χ1n) is 8.45. The third-order valence-corrected chi connectivity index (χ3v) is 8.86. The molecule has 120 valence electrons. The van der Waals surface area contributed by atoms with Crippen LogP contribution in [-0.2, 0) is 0 Å². The van der Waals surface area contributed by atoms with E-state index in [9.17, 15) is 0 Å². The first-order valence-corrected chi connectivity index (χ1v) is 11.5. The van der Waals surface area contributed by atoms with Gasteiger partial charge in [0.25, 0.3) is 0 Å². The van der Waals surface area contributed by atoms with Gasteiger partial charge in [-0.25, -0.2) is 0 Å². The summed E-state index contributed by atoms with van der Waals surface area (Å²) in [5.74, 6) is 0. The average Bonchev–Trinajstić information content (AvgIpc) is 3.26. The topological polar surface area (TPSA) is 33.5 Å². The fourth-order valence-corrected chi connectivity index (χ4v) is 7.78. The van der Waals surface area contributed by atoms with Gasteiger partial charge in [0.15, 0.2) is 0 Å². The average molecular weight is 448 g/mol. The van der Waals surface area contributed by atoms with Crippen molar-refractivity contribution in [2.24, 2.45) is 0 Å². The van der Waals surface area contributed by atoms with Crippen LogP contribution in [0.3, 0.4) is 0 Å². The zero-order valence-electron chi connectivity index (χ0n) is 13.2. The van der Waals surface area contributed by atoms with E-state index in [0.29, 0.717) is 12.1 Å². The van der Waals surface area contributed by atoms with Crippen molar-refractivity contribution in [3.8, 4) is 0 Å². The summed E-state index contributed by atoms with van der Waals surface area (Å²) in [6.45, 7) is 0. The van der Waals surface area contributed by atoms with E-state index >= 15 is 0 Å². The zero-order chi connectivity index (χ0) is 15.9. The SMILES string of the molecule is c1ccc2c(c1)n[se][n+]2[C@@H]1CCCC[C@H]1[n+]1[se]nc2ccccc21. The molecule has 0 radical (unpaired) electrons. The van der Waals surface area contributed by atoms with Gasteiger partial charge >= 0.3 is 153 Å². The molecule has 0 aliphatic heterocycles. The van der Waals surface area contributed by atoms with E-state index in [-0.39, 0.29) is 29.9 Å². The minimum absolute atomic E-state index is 0.188. The first-order chi connectivity index (χ1) is 11.9. The molecule has 0 saturated heterocycles. The van der Waals surface area contributed by atoms with Crippen LogP contribution in [0.5, 0.6) is 0 Å². The van der Waals surface area contributed by atoms with Crippen LogP contribution < -0.4 is 7.12 Å². The summed E-state index contributed by atoms with van der Waals surface area (Å²) in [6.07, 6.45) is 5.20. The molecular formula is C18H18N4Se2+2. The van der Waals surface area contributed by atoms with Crippen molar-refractivity contribution in [3.05, 3.63) is 48.5 Å². The van der Waals surface area contributed by atoms with Crippen molar-refractivity contribution in [1.82, 2.24) is 7.96 Å². The normalized spacial score (nSPS) is 21.5. The Balaban J connectivity index is 1.64. The number of aromatic nitrogens is 4. The van der Waals surface area contributed by atoms with Gasteiger partial charge in [0.05, 0.1) is 0 Å². The molecule has 5 rings (SSSR count). The Bertz CT molecular complexity index is 924. The van der Waals surface area contributed by atoms with E-state index in [2.05, 4.69) is 55.7 Å². The fourth-order valence-electron chi connectivity index (χ4n) is 3.84. The Hall–Kier alpha value is -1.32. The van der Waals surface area contributed by atoms with Gasteiger partial charge in [-0.05, 0) is 0 Å². The third kappa shape index (κ3) is 2.41. The molecule has 2 heterocycles. The first kappa shape index (κ1) is 15.0. The molecule has 1 aliphatic carbocycles. The van der Waals surface area contributed by atoms with Gasteiger partial charge in [-0.15, -0.1) is 0 Å². The minimum atomic E-state index is 0.188. The van der Waals surface area contributed by atoms with E-state index in [4.69, 9.17) is 7.96 Å². The van der Waals surface area contributed by atoms with Crippen molar-refractivity contribution in [2.45, 2.75) is 37.8 Å². The molecule has 4 aromatic rings. The van der Waals surface area contributed by atoms with Crippen LogP contribution in [0, 0.1) is 0 Å². The predicted octanol–water partition coefficient (Wildman–Crippen LogP) is 1.83. The van der Waals surface area contributed by atoms with Gasteiger partial charge in [-0.2, -0.15) is 0 Å². The number of hydrogen-bond acceptors (Lipinski definition) is 2. The molecule has 24 heavy (non-hydrogen) atoms. The number of rotatable bonds is 2. The maximum absolute atomic E-state index is 4.81. The monoisotopic (exact) mass is 450 g/mol. The van der Waals surface area contributed by atoms with Crippen LogP contribution in [0.1, 0.15) is 37.8 Å². The summed E-state index contributed by atoms with van der Waals surface area (Å²) in [5, 5.41) is 0. The Labute approximate surface area is 153 Å². The van der Waals surface area contributed by atoms with Gasteiger partial charge in [-0.1, -0.05) is 0 Å². The molecule has 2 atom stereocenters. The van der Waals surface area contributed by atoms with Crippen LogP contribution in [0.15, 0.2) is 48.5 Å². The van der Waals surface area contributed by atoms with Crippen LogP contribution >= 0.6 is 0 Å². The Morgan fingerprint density at radius 3 is 1.67 bits per heavy atom. The molecule has 4 nitrogen and oxygen atoms in total. The molecule has 1 saturated carbocycles. The molecule has 1 fully saturated rings. The summed E-state index contributed by atoms with van der Waals surface area (Å²) < 4.78 is 14.8. The second-order valence-electron chi connectivity index (χ2n) is 6.39. The van der Waals surface area contributed by atoms with Crippen LogP contribution in [-0.4, -0.2) is 37.9 Å². The summed E-state index contributed by atoms with van der Waals surface area (Å²) in [5.41, 5.74) is 5.04. The number of nitrogens with zero attached hydrogens (tertiary/aromatic N) is 4. The van der Waals surface area contributed by atoms with Crippen molar-refractivity contribution in [3.63, 3.8) is 0 Å². The quantitative estimate of drug-likeness (QED) is 0.439. The van der Waals surface area contributed by atoms with E-state index in [1.165, 1.54) is 47.8 Å². The van der Waals surface area contributed by atoms with Gasteiger partial charge in [0, 0.05) is 0 Å². The Morgan fingerprint density at radius 2 is 1.17 bits per heavy atom. The summed E-state index contributed by atoms with van der Waals surface area (Å²) >= 11 is 0.376. The van der Waals surface area contributed by atoms with Crippen molar-refractivity contribution in [1.29, 1.82) is 0 Å². The van der Waals surface area contributed by atoms with Crippen LogP contribution in [0.2, 0.25) is 0 Å². The zero-order valence-corrected chi connectivity index (χ0v) is 16.6. The Morgan fingerprint density at radius 1 is 0.708 bits per heavy atom. The van der Waals surface area contributed by atoms with Gasteiger partial charge in [-0.3, -0.25) is 0 Å². The van der Waals surface area contributed by atoms with Crippen LogP contribution in [0.25, 0.3) is 22.1 Å². The molecule has 0 spiro atoms. The van der Waals surface area contributed by atoms with Crippen molar-refractivity contribution < 1.29 is 7.12 Å². The molecule has 0 amide bonds. The van der Waals surface area contributed by atoms with Crippen molar-refractivity contribution >= 4 is 52.0 Å². The number of para-hydroxylation sites is 2. The maximum atomic E-state index is 4.81. The van der Waals surface area contributed by atoms with Gasteiger partial charge < -0.3 is 0 Å². The van der Waals surface area contributed by atoms with Gasteiger partial charge in [0.1, 0.15) is 0 Å². The molecule has 2 aromatic heterocycles. The van der Waals surface area contributed by atoms with Crippen molar-refractivity contribution in [2.75, 3.05) is 0 Å². The van der Waals surface area contributed by atoms with E-state index in [1.54, 1.807) is 0 Å². The second-order valence-corrected chi connectivity index (χ2v) is 9.50. The molecule has 0 N–H and O–H groups in total. The van der Waals surface area contributed by atoms with E-state index in [0.717, 1.165) is 0 Å². The molecular weight excluding hydrogens is 430 g/mol. The number of benzene rings is 2.